The maximum atomic E-state index is 12.8. The third-order valence-electron chi connectivity index (χ3n) is 4.56. The number of carbonyl (C=O) groups excluding carboxylic acids is 1. The van der Waals surface area contributed by atoms with Crippen molar-refractivity contribution < 1.29 is 9.90 Å². The molecule has 0 fully saturated rings. The van der Waals surface area contributed by atoms with Crippen molar-refractivity contribution in [2.75, 3.05) is 0 Å². The van der Waals surface area contributed by atoms with Crippen LogP contribution in [0.25, 0.3) is 0 Å². The summed E-state index contributed by atoms with van der Waals surface area (Å²) in [5.41, 5.74) is 3.66. The van der Waals surface area contributed by atoms with Gasteiger partial charge in [-0.3, -0.25) is 9.48 Å². The Balaban J connectivity index is 1.82. The van der Waals surface area contributed by atoms with Crippen LogP contribution in [0, 0.1) is 5.92 Å². The van der Waals surface area contributed by atoms with Crippen LogP contribution in [0.2, 0.25) is 0 Å². The highest BCUT2D eigenvalue weighted by molar-refractivity contribution is 5.95. The molecule has 1 aromatic carbocycles. The molecule has 5 nitrogen and oxygen atoms in total. The van der Waals surface area contributed by atoms with E-state index in [0.717, 1.165) is 29.8 Å². The second-order valence-corrected chi connectivity index (χ2v) is 6.86. The van der Waals surface area contributed by atoms with Crippen molar-refractivity contribution in [3.05, 3.63) is 52.8 Å². The van der Waals surface area contributed by atoms with Crippen LogP contribution in [-0.2, 0) is 19.4 Å². The van der Waals surface area contributed by atoms with Gasteiger partial charge in [0.1, 0.15) is 0 Å². The Morgan fingerprint density at radius 2 is 2.17 bits per heavy atom. The first-order chi connectivity index (χ1) is 11.5. The van der Waals surface area contributed by atoms with E-state index in [2.05, 4.69) is 24.3 Å². The van der Waals surface area contributed by atoms with E-state index in [9.17, 15) is 9.90 Å². The lowest BCUT2D eigenvalue weighted by molar-refractivity contribution is 0.0857. The van der Waals surface area contributed by atoms with Gasteiger partial charge in [0.15, 0.2) is 0 Å². The van der Waals surface area contributed by atoms with Crippen molar-refractivity contribution in [1.82, 2.24) is 15.1 Å². The largest absolute Gasteiger partial charge is 0.390 e. The molecule has 0 saturated heterocycles. The van der Waals surface area contributed by atoms with Crippen LogP contribution in [0.4, 0.5) is 0 Å². The monoisotopic (exact) mass is 327 g/mol. The van der Waals surface area contributed by atoms with Gasteiger partial charge in [0.25, 0.3) is 5.91 Å². The van der Waals surface area contributed by atoms with Crippen molar-refractivity contribution in [3.8, 4) is 0 Å². The lowest BCUT2D eigenvalue weighted by Gasteiger charge is -2.18. The molecule has 1 aromatic heterocycles. The molecule has 0 aliphatic heterocycles. The fourth-order valence-corrected chi connectivity index (χ4v) is 3.44. The Morgan fingerprint density at radius 1 is 1.42 bits per heavy atom. The molecule has 0 saturated carbocycles. The van der Waals surface area contributed by atoms with Crippen molar-refractivity contribution in [1.29, 1.82) is 0 Å². The van der Waals surface area contributed by atoms with Crippen LogP contribution in [0.15, 0.2) is 30.5 Å². The molecular weight excluding hydrogens is 302 g/mol. The summed E-state index contributed by atoms with van der Waals surface area (Å²) in [5.74, 6) is 0.303. The van der Waals surface area contributed by atoms with Gasteiger partial charge < -0.3 is 10.4 Å². The Bertz CT molecular complexity index is 736. The number of benzene rings is 1. The first-order valence-corrected chi connectivity index (χ1v) is 8.62. The Morgan fingerprint density at radius 3 is 2.88 bits per heavy atom. The van der Waals surface area contributed by atoms with Crippen molar-refractivity contribution >= 4 is 5.91 Å². The lowest BCUT2D eigenvalue weighted by atomic mass is 10.1. The summed E-state index contributed by atoms with van der Waals surface area (Å²) in [5, 5.41) is 17.7. The molecule has 0 radical (unpaired) electrons. The number of carbonyl (C=O) groups is 1. The predicted octanol–water partition coefficient (Wildman–Crippen LogP) is 2.49. The summed E-state index contributed by atoms with van der Waals surface area (Å²) in [4.78, 5) is 12.8. The Hall–Kier alpha value is -2.14. The first-order valence-electron chi connectivity index (χ1n) is 8.62. The van der Waals surface area contributed by atoms with Crippen LogP contribution in [0.3, 0.4) is 0 Å². The maximum Gasteiger partial charge on any atom is 0.255 e. The van der Waals surface area contributed by atoms with Gasteiger partial charge in [-0.15, -0.1) is 0 Å². The van der Waals surface area contributed by atoms with E-state index in [-0.39, 0.29) is 11.9 Å². The molecule has 1 aliphatic carbocycles. The molecule has 2 N–H and O–H groups in total. The molecule has 2 atom stereocenters. The number of hydrogen-bond acceptors (Lipinski definition) is 3. The van der Waals surface area contributed by atoms with E-state index in [1.165, 1.54) is 0 Å². The van der Waals surface area contributed by atoms with Gasteiger partial charge >= 0.3 is 0 Å². The van der Waals surface area contributed by atoms with Crippen LogP contribution in [0.1, 0.15) is 54.0 Å². The molecule has 3 rings (SSSR count). The molecular formula is C19H25N3O2. The quantitative estimate of drug-likeness (QED) is 0.886. The van der Waals surface area contributed by atoms with E-state index < -0.39 is 6.10 Å². The minimum atomic E-state index is -0.581. The van der Waals surface area contributed by atoms with E-state index in [1.807, 2.05) is 35.9 Å². The average Bonchev–Trinajstić information content (AvgIpc) is 3.08. The van der Waals surface area contributed by atoms with Crippen molar-refractivity contribution in [2.24, 2.45) is 5.92 Å². The van der Waals surface area contributed by atoms with E-state index >= 15 is 0 Å². The smallest absolute Gasteiger partial charge is 0.255 e. The SMILES string of the molecule is CCc1c(C(=O)N[C@H]2c3ccccc3C[C@H]2O)cnn1CC(C)C. The highest BCUT2D eigenvalue weighted by Gasteiger charge is 2.32. The van der Waals surface area contributed by atoms with Crippen LogP contribution in [0.5, 0.6) is 0 Å². The molecule has 5 heteroatoms. The third-order valence-corrected chi connectivity index (χ3v) is 4.56. The molecule has 1 heterocycles. The number of rotatable bonds is 5. The van der Waals surface area contributed by atoms with E-state index in [4.69, 9.17) is 0 Å². The number of nitrogens with zero attached hydrogens (tertiary/aromatic N) is 2. The second kappa shape index (κ2) is 6.77. The molecule has 1 amide bonds. The van der Waals surface area contributed by atoms with Gasteiger partial charge in [-0.2, -0.15) is 5.10 Å². The predicted molar refractivity (Wildman–Crippen MR) is 92.8 cm³/mol. The first kappa shape index (κ1) is 16.7. The summed E-state index contributed by atoms with van der Waals surface area (Å²) in [7, 11) is 0. The average molecular weight is 327 g/mol. The van der Waals surface area contributed by atoms with Crippen molar-refractivity contribution in [2.45, 2.75) is 52.3 Å². The number of amides is 1. The standard InChI is InChI=1S/C19H25N3O2/c1-4-16-15(10-20-22(16)11-12(2)3)19(24)21-18-14-8-6-5-7-13(14)9-17(18)23/h5-8,10,12,17-18,23H,4,9,11H2,1-3H3,(H,21,24)/t17-,18+/m1/s1. The Labute approximate surface area is 142 Å². The fraction of sp³-hybridized carbons (Fsp3) is 0.474. The lowest BCUT2D eigenvalue weighted by Crippen LogP contribution is -2.34. The summed E-state index contributed by atoms with van der Waals surface area (Å²) < 4.78 is 1.92. The topological polar surface area (TPSA) is 67.2 Å². The van der Waals surface area contributed by atoms with Gasteiger partial charge in [0.2, 0.25) is 0 Å². The molecule has 0 unspecified atom stereocenters. The van der Waals surface area contributed by atoms with E-state index in [0.29, 0.717) is 17.9 Å². The number of nitrogens with one attached hydrogen (secondary N) is 1. The molecule has 0 spiro atoms. The zero-order valence-corrected chi connectivity index (χ0v) is 14.5. The summed E-state index contributed by atoms with van der Waals surface area (Å²) in [6, 6.07) is 7.52. The molecule has 1 aliphatic rings. The minimum absolute atomic E-state index is 0.164. The molecule has 2 aromatic rings. The number of fused-ring (bicyclic) bond motifs is 1. The van der Waals surface area contributed by atoms with Crippen LogP contribution in [-0.4, -0.2) is 26.9 Å². The minimum Gasteiger partial charge on any atom is -0.390 e. The highest BCUT2D eigenvalue weighted by Crippen LogP contribution is 2.31. The van der Waals surface area contributed by atoms with Crippen LogP contribution < -0.4 is 5.32 Å². The second-order valence-electron chi connectivity index (χ2n) is 6.86. The zero-order chi connectivity index (χ0) is 17.3. The summed E-state index contributed by atoms with van der Waals surface area (Å²) >= 11 is 0. The maximum absolute atomic E-state index is 12.8. The summed E-state index contributed by atoms with van der Waals surface area (Å²) in [6.07, 6.45) is 2.39. The third kappa shape index (κ3) is 3.08. The fourth-order valence-electron chi connectivity index (χ4n) is 3.44. The summed E-state index contributed by atoms with van der Waals surface area (Å²) in [6.45, 7) is 7.09. The number of aliphatic hydroxyl groups excluding tert-OH is 1. The van der Waals surface area contributed by atoms with Gasteiger partial charge in [0, 0.05) is 13.0 Å². The number of hydrogen-bond donors (Lipinski definition) is 2. The number of aromatic nitrogens is 2. The van der Waals surface area contributed by atoms with Gasteiger partial charge in [0.05, 0.1) is 29.6 Å². The number of aliphatic hydroxyl groups is 1. The highest BCUT2D eigenvalue weighted by atomic mass is 16.3. The zero-order valence-electron chi connectivity index (χ0n) is 14.5. The van der Waals surface area contributed by atoms with E-state index in [1.54, 1.807) is 6.20 Å². The Kier molecular flexibility index (Phi) is 4.71. The van der Waals surface area contributed by atoms with Gasteiger partial charge in [-0.1, -0.05) is 45.0 Å². The van der Waals surface area contributed by atoms with Crippen molar-refractivity contribution in [3.63, 3.8) is 0 Å². The molecule has 128 valence electrons. The van der Waals surface area contributed by atoms with Gasteiger partial charge in [-0.25, -0.2) is 0 Å². The molecule has 24 heavy (non-hydrogen) atoms. The normalized spacial score (nSPS) is 19.5. The molecule has 0 bridgehead atoms. The van der Waals surface area contributed by atoms with Gasteiger partial charge in [-0.05, 0) is 23.5 Å². The van der Waals surface area contributed by atoms with Crippen LogP contribution >= 0.6 is 0 Å².